The molecule has 1 aliphatic rings. The third kappa shape index (κ3) is 4.84. The molecule has 0 saturated carbocycles. The predicted octanol–water partition coefficient (Wildman–Crippen LogP) is 2.65. The Morgan fingerprint density at radius 3 is 2.35 bits per heavy atom. The number of benzene rings is 2. The molecule has 1 aliphatic heterocycles. The Bertz CT molecular complexity index is 844. The maximum atomic E-state index is 12.7. The zero-order chi connectivity index (χ0) is 18.6. The number of nitrogens with zero attached hydrogens (tertiary/aromatic N) is 2. The molecule has 0 unspecified atom stereocenters. The van der Waals surface area contributed by atoms with Crippen LogP contribution in [0.1, 0.15) is 16.7 Å². The van der Waals surface area contributed by atoms with Gasteiger partial charge in [0.2, 0.25) is 10.0 Å². The molecule has 0 atom stereocenters. The SMILES string of the molecule is COc1cccc(CN2CCN(S(=O)(=O)Cc3cccc(C)c3)CC2)c1. The van der Waals surface area contributed by atoms with Crippen molar-refractivity contribution in [2.75, 3.05) is 33.3 Å². The van der Waals surface area contributed by atoms with E-state index in [9.17, 15) is 8.42 Å². The molecule has 1 saturated heterocycles. The van der Waals surface area contributed by atoms with Crippen molar-refractivity contribution in [2.45, 2.75) is 19.2 Å². The number of ether oxygens (including phenoxy) is 1. The molecule has 1 heterocycles. The van der Waals surface area contributed by atoms with Crippen molar-refractivity contribution in [3.63, 3.8) is 0 Å². The molecule has 5 nitrogen and oxygen atoms in total. The van der Waals surface area contributed by atoms with Crippen molar-refractivity contribution in [1.29, 1.82) is 0 Å². The summed E-state index contributed by atoms with van der Waals surface area (Å²) in [5, 5.41) is 0. The smallest absolute Gasteiger partial charge is 0.218 e. The van der Waals surface area contributed by atoms with Crippen LogP contribution in [0.15, 0.2) is 48.5 Å². The van der Waals surface area contributed by atoms with E-state index in [0.29, 0.717) is 13.1 Å². The number of hydrogen-bond donors (Lipinski definition) is 0. The fourth-order valence-electron chi connectivity index (χ4n) is 3.30. The minimum atomic E-state index is -3.27. The highest BCUT2D eigenvalue weighted by atomic mass is 32.2. The second-order valence-corrected chi connectivity index (χ2v) is 8.74. The standard InChI is InChI=1S/C20H26N2O3S/c1-17-5-3-7-19(13-17)16-26(23,24)22-11-9-21(10-12-22)15-18-6-4-8-20(14-18)25-2/h3-8,13-14H,9-12,15-16H2,1-2H3. The average Bonchev–Trinajstić information content (AvgIpc) is 2.62. The van der Waals surface area contributed by atoms with E-state index < -0.39 is 10.0 Å². The van der Waals surface area contributed by atoms with Crippen LogP contribution >= 0.6 is 0 Å². The first-order valence-corrected chi connectivity index (χ1v) is 10.5. The molecular weight excluding hydrogens is 348 g/mol. The highest BCUT2D eigenvalue weighted by Gasteiger charge is 2.27. The Morgan fingerprint density at radius 2 is 1.65 bits per heavy atom. The second-order valence-electron chi connectivity index (χ2n) is 6.77. The van der Waals surface area contributed by atoms with E-state index in [1.807, 2.05) is 49.4 Å². The number of rotatable bonds is 6. The lowest BCUT2D eigenvalue weighted by Gasteiger charge is -2.34. The zero-order valence-electron chi connectivity index (χ0n) is 15.4. The first-order chi connectivity index (χ1) is 12.5. The van der Waals surface area contributed by atoms with Gasteiger partial charge in [-0.05, 0) is 30.2 Å². The molecular formula is C20H26N2O3S. The predicted molar refractivity (Wildman–Crippen MR) is 104 cm³/mol. The lowest BCUT2D eigenvalue weighted by molar-refractivity contribution is 0.181. The van der Waals surface area contributed by atoms with Crippen molar-refractivity contribution in [3.05, 3.63) is 65.2 Å². The molecule has 0 spiro atoms. The monoisotopic (exact) mass is 374 g/mol. The molecule has 0 radical (unpaired) electrons. The molecule has 140 valence electrons. The molecule has 0 aromatic heterocycles. The molecule has 0 amide bonds. The van der Waals surface area contributed by atoms with Crippen molar-refractivity contribution < 1.29 is 13.2 Å². The molecule has 1 fully saturated rings. The minimum Gasteiger partial charge on any atom is -0.497 e. The fraction of sp³-hybridized carbons (Fsp3) is 0.400. The van der Waals surface area contributed by atoms with Gasteiger partial charge in [-0.15, -0.1) is 0 Å². The van der Waals surface area contributed by atoms with E-state index in [-0.39, 0.29) is 5.75 Å². The normalized spacial score (nSPS) is 16.5. The Balaban J connectivity index is 1.57. The fourth-order valence-corrected chi connectivity index (χ4v) is 4.80. The quantitative estimate of drug-likeness (QED) is 0.780. The summed E-state index contributed by atoms with van der Waals surface area (Å²) in [6.07, 6.45) is 0. The molecule has 6 heteroatoms. The lowest BCUT2D eigenvalue weighted by Crippen LogP contribution is -2.48. The van der Waals surface area contributed by atoms with Crippen LogP contribution in [0.5, 0.6) is 5.75 Å². The van der Waals surface area contributed by atoms with Gasteiger partial charge in [-0.2, -0.15) is 4.31 Å². The van der Waals surface area contributed by atoms with Gasteiger partial charge < -0.3 is 4.74 Å². The summed E-state index contributed by atoms with van der Waals surface area (Å²) >= 11 is 0. The number of aryl methyl sites for hydroxylation is 1. The van der Waals surface area contributed by atoms with Crippen molar-refractivity contribution in [1.82, 2.24) is 9.21 Å². The van der Waals surface area contributed by atoms with Gasteiger partial charge in [0, 0.05) is 32.7 Å². The number of sulfonamides is 1. The van der Waals surface area contributed by atoms with Gasteiger partial charge in [0.05, 0.1) is 12.9 Å². The van der Waals surface area contributed by atoms with Crippen LogP contribution in [0.3, 0.4) is 0 Å². The molecule has 2 aromatic carbocycles. The Kier molecular flexibility index (Phi) is 5.96. The van der Waals surface area contributed by atoms with Crippen LogP contribution in [-0.2, 0) is 22.3 Å². The Hall–Kier alpha value is -1.89. The van der Waals surface area contributed by atoms with Crippen molar-refractivity contribution >= 4 is 10.0 Å². The summed E-state index contributed by atoms with van der Waals surface area (Å²) in [7, 11) is -1.61. The van der Waals surface area contributed by atoms with E-state index >= 15 is 0 Å². The zero-order valence-corrected chi connectivity index (χ0v) is 16.2. The van der Waals surface area contributed by atoms with Gasteiger partial charge in [0.15, 0.2) is 0 Å². The Morgan fingerprint density at radius 1 is 0.962 bits per heavy atom. The summed E-state index contributed by atoms with van der Waals surface area (Å²) in [5.41, 5.74) is 3.12. The third-order valence-corrected chi connectivity index (χ3v) is 6.55. The van der Waals surface area contributed by atoms with Crippen molar-refractivity contribution in [3.8, 4) is 5.75 Å². The first-order valence-electron chi connectivity index (χ1n) is 8.85. The Labute approximate surface area is 156 Å². The molecule has 3 rings (SSSR count). The van der Waals surface area contributed by atoms with E-state index in [4.69, 9.17) is 4.74 Å². The summed E-state index contributed by atoms with van der Waals surface area (Å²) in [4.78, 5) is 2.29. The lowest BCUT2D eigenvalue weighted by atomic mass is 10.2. The average molecular weight is 375 g/mol. The van der Waals surface area contributed by atoms with E-state index in [2.05, 4.69) is 11.0 Å². The summed E-state index contributed by atoms with van der Waals surface area (Å²) < 4.78 is 32.3. The maximum absolute atomic E-state index is 12.7. The van der Waals surface area contributed by atoms with E-state index in [0.717, 1.165) is 36.5 Å². The van der Waals surface area contributed by atoms with Crippen LogP contribution in [-0.4, -0.2) is 50.9 Å². The van der Waals surface area contributed by atoms with Crippen molar-refractivity contribution in [2.24, 2.45) is 0 Å². The largest absolute Gasteiger partial charge is 0.497 e. The van der Waals surface area contributed by atoms with Gasteiger partial charge >= 0.3 is 0 Å². The van der Waals surface area contributed by atoms with Crippen LogP contribution in [0, 0.1) is 6.92 Å². The molecule has 0 bridgehead atoms. The molecule has 26 heavy (non-hydrogen) atoms. The van der Waals surface area contributed by atoms with E-state index in [1.54, 1.807) is 11.4 Å². The maximum Gasteiger partial charge on any atom is 0.218 e. The summed E-state index contributed by atoms with van der Waals surface area (Å²) in [5.74, 6) is 0.923. The van der Waals surface area contributed by atoms with Gasteiger partial charge in [-0.3, -0.25) is 4.90 Å². The molecule has 2 aromatic rings. The third-order valence-electron chi connectivity index (χ3n) is 4.70. The number of methoxy groups -OCH3 is 1. The molecule has 0 aliphatic carbocycles. The van der Waals surface area contributed by atoms with E-state index in [1.165, 1.54) is 5.56 Å². The van der Waals surface area contributed by atoms with Gasteiger partial charge in [-0.25, -0.2) is 8.42 Å². The summed E-state index contributed by atoms with van der Waals surface area (Å²) in [6.45, 7) is 5.35. The number of hydrogen-bond acceptors (Lipinski definition) is 4. The van der Waals surface area contributed by atoms with Crippen LogP contribution in [0.25, 0.3) is 0 Å². The first kappa shape index (κ1) is 18.9. The minimum absolute atomic E-state index is 0.0740. The topological polar surface area (TPSA) is 49.9 Å². The van der Waals surface area contributed by atoms with Gasteiger partial charge in [0.25, 0.3) is 0 Å². The van der Waals surface area contributed by atoms with Gasteiger partial charge in [0.1, 0.15) is 5.75 Å². The highest BCUT2D eigenvalue weighted by Crippen LogP contribution is 2.18. The highest BCUT2D eigenvalue weighted by molar-refractivity contribution is 7.88. The number of piperazine rings is 1. The second kappa shape index (κ2) is 8.20. The van der Waals surface area contributed by atoms with Crippen LogP contribution < -0.4 is 4.74 Å². The van der Waals surface area contributed by atoms with Crippen LogP contribution in [0.2, 0.25) is 0 Å². The van der Waals surface area contributed by atoms with Crippen LogP contribution in [0.4, 0.5) is 0 Å². The molecule has 0 N–H and O–H groups in total. The summed E-state index contributed by atoms with van der Waals surface area (Å²) in [6, 6.07) is 15.7. The van der Waals surface area contributed by atoms with Gasteiger partial charge in [-0.1, -0.05) is 42.0 Å².